The molecule has 0 saturated carbocycles. The van der Waals surface area contributed by atoms with Gasteiger partial charge in [-0.2, -0.15) is 0 Å². The van der Waals surface area contributed by atoms with Crippen LogP contribution in [-0.2, 0) is 6.42 Å². The molecule has 0 aliphatic heterocycles. The number of rotatable bonds is 4. The Bertz CT molecular complexity index is 690. The maximum absolute atomic E-state index is 5.53. The summed E-state index contributed by atoms with van der Waals surface area (Å²) in [6.07, 6.45) is 7.18. The minimum atomic E-state index is 0.668. The lowest BCUT2D eigenvalue weighted by Crippen LogP contribution is -2.01. The number of aryl methyl sites for hydroxylation is 1. The molecule has 0 aromatic carbocycles. The molecule has 4 heteroatoms. The molecule has 0 amide bonds. The standard InChI is InChI=1S/C15H15N3O/c16-5-1-2-14-9-11(3-6-17-14)13-8-12-4-7-19-15(12)18-10-13/h3-4,6-10H,1-2,5,16H2. The van der Waals surface area contributed by atoms with Crippen LogP contribution in [0, 0.1) is 0 Å². The van der Waals surface area contributed by atoms with Gasteiger partial charge < -0.3 is 10.2 Å². The van der Waals surface area contributed by atoms with Gasteiger partial charge in [-0.25, -0.2) is 4.98 Å². The van der Waals surface area contributed by atoms with Gasteiger partial charge in [0, 0.05) is 29.0 Å². The van der Waals surface area contributed by atoms with Crippen LogP contribution in [0.1, 0.15) is 12.1 Å². The van der Waals surface area contributed by atoms with Gasteiger partial charge in [0.05, 0.1) is 6.26 Å². The zero-order chi connectivity index (χ0) is 13.1. The van der Waals surface area contributed by atoms with Crippen LogP contribution in [0.2, 0.25) is 0 Å². The molecule has 0 spiro atoms. The molecular formula is C15H15N3O. The number of nitrogens with two attached hydrogens (primary N) is 1. The summed E-state index contributed by atoms with van der Waals surface area (Å²) in [7, 11) is 0. The molecular weight excluding hydrogens is 238 g/mol. The molecule has 0 radical (unpaired) electrons. The van der Waals surface area contributed by atoms with Crippen LogP contribution < -0.4 is 5.73 Å². The van der Waals surface area contributed by atoms with E-state index in [1.54, 1.807) is 6.26 Å². The number of pyridine rings is 2. The maximum atomic E-state index is 5.53. The highest BCUT2D eigenvalue weighted by Crippen LogP contribution is 2.23. The van der Waals surface area contributed by atoms with Gasteiger partial charge in [-0.15, -0.1) is 0 Å². The number of hydrogen-bond acceptors (Lipinski definition) is 4. The Labute approximate surface area is 111 Å². The van der Waals surface area contributed by atoms with Crippen LogP contribution >= 0.6 is 0 Å². The zero-order valence-corrected chi connectivity index (χ0v) is 10.5. The molecule has 0 unspecified atom stereocenters. The molecule has 3 rings (SSSR count). The lowest BCUT2D eigenvalue weighted by molar-refractivity contribution is 0.603. The van der Waals surface area contributed by atoms with Crippen molar-refractivity contribution in [3.05, 3.63) is 48.6 Å². The molecule has 3 aromatic rings. The second kappa shape index (κ2) is 5.20. The van der Waals surface area contributed by atoms with E-state index in [-0.39, 0.29) is 0 Å². The smallest absolute Gasteiger partial charge is 0.225 e. The molecule has 0 atom stereocenters. The van der Waals surface area contributed by atoms with E-state index in [0.29, 0.717) is 12.3 Å². The van der Waals surface area contributed by atoms with Crippen LogP contribution in [-0.4, -0.2) is 16.5 Å². The summed E-state index contributed by atoms with van der Waals surface area (Å²) in [6.45, 7) is 0.689. The molecule has 4 nitrogen and oxygen atoms in total. The fourth-order valence-corrected chi connectivity index (χ4v) is 2.09. The molecule has 96 valence electrons. The fourth-order valence-electron chi connectivity index (χ4n) is 2.09. The molecule has 0 bridgehead atoms. The summed E-state index contributed by atoms with van der Waals surface area (Å²) in [5, 5.41) is 1.01. The average Bonchev–Trinajstić information content (AvgIpc) is 2.92. The molecule has 0 aliphatic carbocycles. The van der Waals surface area contributed by atoms with Crippen molar-refractivity contribution in [1.29, 1.82) is 0 Å². The highest BCUT2D eigenvalue weighted by Gasteiger charge is 2.04. The largest absolute Gasteiger partial charge is 0.446 e. The molecule has 3 heterocycles. The van der Waals surface area contributed by atoms with Crippen molar-refractivity contribution in [3.63, 3.8) is 0 Å². The molecule has 0 aliphatic rings. The second-order valence-electron chi connectivity index (χ2n) is 4.47. The SMILES string of the molecule is NCCCc1cc(-c2cnc3occc3c2)ccn1. The van der Waals surface area contributed by atoms with Gasteiger partial charge in [0.2, 0.25) is 5.71 Å². The van der Waals surface area contributed by atoms with E-state index in [4.69, 9.17) is 10.2 Å². The van der Waals surface area contributed by atoms with Gasteiger partial charge in [-0.1, -0.05) is 0 Å². The summed E-state index contributed by atoms with van der Waals surface area (Å²) in [6, 6.07) is 8.09. The second-order valence-corrected chi connectivity index (χ2v) is 4.47. The van der Waals surface area contributed by atoms with Gasteiger partial charge >= 0.3 is 0 Å². The summed E-state index contributed by atoms with van der Waals surface area (Å²) in [5.41, 5.74) is 9.46. The quantitative estimate of drug-likeness (QED) is 0.776. The first-order valence-electron chi connectivity index (χ1n) is 6.35. The van der Waals surface area contributed by atoms with Gasteiger partial charge in [0.1, 0.15) is 0 Å². The Morgan fingerprint density at radius 3 is 2.95 bits per heavy atom. The van der Waals surface area contributed by atoms with E-state index < -0.39 is 0 Å². The van der Waals surface area contributed by atoms with Gasteiger partial charge in [-0.3, -0.25) is 4.98 Å². The Hall–Kier alpha value is -2.20. The Morgan fingerprint density at radius 2 is 2.05 bits per heavy atom. The van der Waals surface area contributed by atoms with Crippen molar-refractivity contribution >= 4 is 11.1 Å². The number of furan rings is 1. The summed E-state index contributed by atoms with van der Waals surface area (Å²) < 4.78 is 5.25. The third-order valence-corrected chi connectivity index (χ3v) is 3.09. The lowest BCUT2D eigenvalue weighted by atomic mass is 10.1. The van der Waals surface area contributed by atoms with Crippen LogP contribution in [0.3, 0.4) is 0 Å². The molecule has 2 N–H and O–H groups in total. The topological polar surface area (TPSA) is 64.9 Å². The Kier molecular flexibility index (Phi) is 3.25. The normalized spacial score (nSPS) is 11.0. The first kappa shape index (κ1) is 11.9. The monoisotopic (exact) mass is 253 g/mol. The maximum Gasteiger partial charge on any atom is 0.225 e. The van der Waals surface area contributed by atoms with Crippen LogP contribution in [0.15, 0.2) is 47.3 Å². The Morgan fingerprint density at radius 1 is 1.11 bits per heavy atom. The molecule has 0 fully saturated rings. The predicted octanol–water partition coefficient (Wildman–Crippen LogP) is 2.78. The summed E-state index contributed by atoms with van der Waals surface area (Å²) in [4.78, 5) is 8.66. The Balaban J connectivity index is 1.95. The van der Waals surface area contributed by atoms with E-state index in [1.165, 1.54) is 0 Å². The molecule has 0 saturated heterocycles. The van der Waals surface area contributed by atoms with E-state index >= 15 is 0 Å². The fraction of sp³-hybridized carbons (Fsp3) is 0.200. The first-order chi connectivity index (χ1) is 9.36. The lowest BCUT2D eigenvalue weighted by Gasteiger charge is -2.04. The minimum Gasteiger partial charge on any atom is -0.446 e. The summed E-state index contributed by atoms with van der Waals surface area (Å²) >= 11 is 0. The van der Waals surface area contributed by atoms with Gasteiger partial charge in [0.25, 0.3) is 0 Å². The van der Waals surface area contributed by atoms with E-state index in [0.717, 1.165) is 35.0 Å². The molecule has 19 heavy (non-hydrogen) atoms. The van der Waals surface area contributed by atoms with E-state index in [9.17, 15) is 0 Å². The predicted molar refractivity (Wildman–Crippen MR) is 74.6 cm³/mol. The zero-order valence-electron chi connectivity index (χ0n) is 10.5. The van der Waals surface area contributed by atoms with Crippen molar-refractivity contribution in [2.24, 2.45) is 5.73 Å². The van der Waals surface area contributed by atoms with E-state index in [2.05, 4.69) is 22.1 Å². The van der Waals surface area contributed by atoms with Crippen molar-refractivity contribution in [1.82, 2.24) is 9.97 Å². The van der Waals surface area contributed by atoms with Crippen molar-refractivity contribution in [2.45, 2.75) is 12.8 Å². The van der Waals surface area contributed by atoms with Crippen LogP contribution in [0.4, 0.5) is 0 Å². The number of aromatic nitrogens is 2. The highest BCUT2D eigenvalue weighted by atomic mass is 16.3. The minimum absolute atomic E-state index is 0.668. The van der Waals surface area contributed by atoms with E-state index in [1.807, 2.05) is 24.5 Å². The van der Waals surface area contributed by atoms with Crippen molar-refractivity contribution < 1.29 is 4.42 Å². The van der Waals surface area contributed by atoms with Crippen molar-refractivity contribution in [2.75, 3.05) is 6.54 Å². The third-order valence-electron chi connectivity index (χ3n) is 3.09. The number of nitrogens with zero attached hydrogens (tertiary/aromatic N) is 2. The highest BCUT2D eigenvalue weighted by molar-refractivity contribution is 5.79. The van der Waals surface area contributed by atoms with Crippen LogP contribution in [0.5, 0.6) is 0 Å². The average molecular weight is 253 g/mol. The van der Waals surface area contributed by atoms with Crippen LogP contribution in [0.25, 0.3) is 22.2 Å². The summed E-state index contributed by atoms with van der Waals surface area (Å²) in [5.74, 6) is 0. The van der Waals surface area contributed by atoms with Gasteiger partial charge in [0.15, 0.2) is 0 Å². The van der Waals surface area contributed by atoms with Gasteiger partial charge in [-0.05, 0) is 49.2 Å². The van der Waals surface area contributed by atoms with Crippen molar-refractivity contribution in [3.8, 4) is 11.1 Å². The molecule has 3 aromatic heterocycles. The number of fused-ring (bicyclic) bond motifs is 1. The number of hydrogen-bond donors (Lipinski definition) is 1. The first-order valence-corrected chi connectivity index (χ1v) is 6.35. The third kappa shape index (κ3) is 2.48.